The second kappa shape index (κ2) is 10.1. The number of carbonyl (C=O) groups excluding carboxylic acids is 2. The number of aromatic nitrogens is 5. The maximum Gasteiger partial charge on any atom is 0.433 e. The smallest absolute Gasteiger partial charge is 0.394 e. The van der Waals surface area contributed by atoms with E-state index in [9.17, 15) is 27.9 Å². The van der Waals surface area contributed by atoms with Crippen LogP contribution in [0.5, 0.6) is 0 Å². The minimum Gasteiger partial charge on any atom is -0.394 e. The lowest BCUT2D eigenvalue weighted by atomic mass is 10.0. The standard InChI is InChI=1S/C25H25F3N6O3/c1-14(2)34-24(25(26,27)28)17(9-31-34)7-22(36)32-18-6-16(8-30-10-18)23(37)20-12-33(15(3)13-35)21-4-5-29-11-19(20)21/h4-6,8-12,14-15,35H,7,13H2,1-3H3,(H,32,36). The van der Waals surface area contributed by atoms with Gasteiger partial charge in [0.25, 0.3) is 0 Å². The number of nitrogens with zero attached hydrogens (tertiary/aromatic N) is 5. The van der Waals surface area contributed by atoms with Gasteiger partial charge < -0.3 is 15.0 Å². The zero-order chi connectivity index (χ0) is 26.9. The summed E-state index contributed by atoms with van der Waals surface area (Å²) in [4.78, 5) is 34.1. The molecule has 1 unspecified atom stereocenters. The van der Waals surface area contributed by atoms with Crippen LogP contribution in [0.2, 0.25) is 0 Å². The number of anilines is 1. The van der Waals surface area contributed by atoms with E-state index in [-0.39, 0.29) is 35.2 Å². The van der Waals surface area contributed by atoms with E-state index in [2.05, 4.69) is 20.4 Å². The number of ketones is 1. The summed E-state index contributed by atoms with van der Waals surface area (Å²) in [5.74, 6) is -1.10. The number of aliphatic hydroxyl groups is 1. The number of hydrogen-bond acceptors (Lipinski definition) is 6. The van der Waals surface area contributed by atoms with Crippen LogP contribution in [0.1, 0.15) is 60.0 Å². The highest BCUT2D eigenvalue weighted by atomic mass is 19.4. The third-order valence-corrected chi connectivity index (χ3v) is 5.88. The maximum absolute atomic E-state index is 13.6. The summed E-state index contributed by atoms with van der Waals surface area (Å²) in [6.45, 7) is 4.81. The highest BCUT2D eigenvalue weighted by Crippen LogP contribution is 2.34. The van der Waals surface area contributed by atoms with Crippen LogP contribution in [0.3, 0.4) is 0 Å². The Morgan fingerprint density at radius 1 is 1.11 bits per heavy atom. The molecular weight excluding hydrogens is 489 g/mol. The molecule has 37 heavy (non-hydrogen) atoms. The molecule has 0 aromatic carbocycles. The normalized spacial score (nSPS) is 12.8. The lowest BCUT2D eigenvalue weighted by molar-refractivity contribution is -0.145. The fourth-order valence-electron chi connectivity index (χ4n) is 4.13. The number of aliphatic hydroxyl groups excluding tert-OH is 1. The van der Waals surface area contributed by atoms with Crippen molar-refractivity contribution in [2.75, 3.05) is 11.9 Å². The lowest BCUT2D eigenvalue weighted by Crippen LogP contribution is -2.21. The van der Waals surface area contributed by atoms with Gasteiger partial charge in [-0.3, -0.25) is 24.2 Å². The fraction of sp³-hybridized carbons (Fsp3) is 0.320. The van der Waals surface area contributed by atoms with Crippen LogP contribution in [0, 0.1) is 0 Å². The quantitative estimate of drug-likeness (QED) is 0.341. The summed E-state index contributed by atoms with van der Waals surface area (Å²) >= 11 is 0. The number of pyridine rings is 2. The molecule has 0 aliphatic rings. The second-order valence-corrected chi connectivity index (χ2v) is 8.95. The molecule has 0 spiro atoms. The van der Waals surface area contributed by atoms with E-state index in [0.29, 0.717) is 10.9 Å². The van der Waals surface area contributed by atoms with Gasteiger partial charge in [0.2, 0.25) is 5.91 Å². The first-order valence-corrected chi connectivity index (χ1v) is 11.5. The highest BCUT2D eigenvalue weighted by molar-refractivity contribution is 6.16. The fourth-order valence-corrected chi connectivity index (χ4v) is 4.13. The minimum atomic E-state index is -4.67. The Kier molecular flexibility index (Phi) is 7.12. The van der Waals surface area contributed by atoms with Crippen molar-refractivity contribution in [3.8, 4) is 0 Å². The van der Waals surface area contributed by atoms with Gasteiger partial charge in [-0.15, -0.1) is 0 Å². The molecule has 4 heterocycles. The minimum absolute atomic E-state index is 0.130. The van der Waals surface area contributed by atoms with Gasteiger partial charge in [-0.25, -0.2) is 0 Å². The van der Waals surface area contributed by atoms with E-state index in [1.165, 1.54) is 18.5 Å². The van der Waals surface area contributed by atoms with E-state index in [1.807, 2.05) is 0 Å². The number of halogens is 3. The van der Waals surface area contributed by atoms with Gasteiger partial charge in [0.05, 0.1) is 42.7 Å². The molecule has 1 atom stereocenters. The highest BCUT2D eigenvalue weighted by Gasteiger charge is 2.39. The van der Waals surface area contributed by atoms with Crippen LogP contribution >= 0.6 is 0 Å². The Hall–Kier alpha value is -4.06. The molecule has 0 saturated carbocycles. The van der Waals surface area contributed by atoms with Crippen LogP contribution in [-0.4, -0.2) is 47.7 Å². The molecule has 0 saturated heterocycles. The Morgan fingerprint density at radius 3 is 2.54 bits per heavy atom. The number of rotatable bonds is 8. The molecule has 2 N–H and O–H groups in total. The zero-order valence-electron chi connectivity index (χ0n) is 20.3. The predicted octanol–water partition coefficient (Wildman–Crippen LogP) is 4.19. The third-order valence-electron chi connectivity index (χ3n) is 5.88. The van der Waals surface area contributed by atoms with Crippen molar-refractivity contribution >= 4 is 28.3 Å². The number of hydrogen-bond donors (Lipinski definition) is 2. The van der Waals surface area contributed by atoms with Crippen LogP contribution in [0.25, 0.3) is 10.9 Å². The summed E-state index contributed by atoms with van der Waals surface area (Å²) in [5, 5.41) is 16.5. The number of amides is 1. The molecule has 4 aromatic heterocycles. The monoisotopic (exact) mass is 514 g/mol. The third kappa shape index (κ3) is 5.24. The SMILES string of the molecule is CC(C)n1ncc(CC(=O)Nc2cncc(C(=O)c3cn(C(C)CO)c4ccncc34)c2)c1C(F)(F)F. The molecule has 1 amide bonds. The Morgan fingerprint density at radius 2 is 1.86 bits per heavy atom. The van der Waals surface area contributed by atoms with Crippen molar-refractivity contribution in [3.05, 3.63) is 71.7 Å². The Balaban J connectivity index is 1.58. The number of alkyl halides is 3. The molecule has 0 aliphatic carbocycles. The van der Waals surface area contributed by atoms with Gasteiger partial charge in [0.1, 0.15) is 5.69 Å². The van der Waals surface area contributed by atoms with E-state index < -0.39 is 30.2 Å². The van der Waals surface area contributed by atoms with Crippen molar-refractivity contribution in [1.82, 2.24) is 24.3 Å². The molecule has 12 heteroatoms. The Labute approximate surface area is 210 Å². The van der Waals surface area contributed by atoms with Crippen LogP contribution < -0.4 is 5.32 Å². The molecule has 0 radical (unpaired) electrons. The van der Waals surface area contributed by atoms with Gasteiger partial charge in [-0.05, 0) is 32.9 Å². The lowest BCUT2D eigenvalue weighted by Gasteiger charge is -2.15. The molecule has 4 aromatic rings. The average Bonchev–Trinajstić information content (AvgIpc) is 3.45. The largest absolute Gasteiger partial charge is 0.433 e. The van der Waals surface area contributed by atoms with Crippen molar-refractivity contribution in [2.24, 2.45) is 0 Å². The van der Waals surface area contributed by atoms with Crippen LogP contribution in [0.4, 0.5) is 18.9 Å². The first-order valence-electron chi connectivity index (χ1n) is 11.5. The van der Waals surface area contributed by atoms with Gasteiger partial charge >= 0.3 is 6.18 Å². The van der Waals surface area contributed by atoms with Gasteiger partial charge in [-0.2, -0.15) is 18.3 Å². The molecule has 0 bridgehead atoms. The summed E-state index contributed by atoms with van der Waals surface area (Å²) in [6, 6.07) is 2.33. The molecule has 9 nitrogen and oxygen atoms in total. The van der Waals surface area contributed by atoms with E-state index in [4.69, 9.17) is 0 Å². The topological polar surface area (TPSA) is 115 Å². The van der Waals surface area contributed by atoms with Crippen molar-refractivity contribution in [3.63, 3.8) is 0 Å². The van der Waals surface area contributed by atoms with Crippen molar-refractivity contribution in [2.45, 2.75) is 45.5 Å². The summed E-state index contributed by atoms with van der Waals surface area (Å²) in [6.07, 6.45) is 3.21. The van der Waals surface area contributed by atoms with Gasteiger partial charge in [0, 0.05) is 52.9 Å². The van der Waals surface area contributed by atoms with E-state index in [0.717, 1.165) is 16.4 Å². The first kappa shape index (κ1) is 26.0. The van der Waals surface area contributed by atoms with Gasteiger partial charge in [-0.1, -0.05) is 0 Å². The molecule has 4 rings (SSSR count). The average molecular weight is 515 g/mol. The number of fused-ring (bicyclic) bond motifs is 1. The second-order valence-electron chi connectivity index (χ2n) is 8.95. The predicted molar refractivity (Wildman–Crippen MR) is 129 cm³/mol. The zero-order valence-corrected chi connectivity index (χ0v) is 20.3. The maximum atomic E-state index is 13.6. The van der Waals surface area contributed by atoms with Crippen LogP contribution in [-0.2, 0) is 17.4 Å². The molecule has 0 aliphatic heterocycles. The molecule has 0 fully saturated rings. The van der Waals surface area contributed by atoms with Gasteiger partial charge in [0.15, 0.2) is 5.78 Å². The Bertz CT molecular complexity index is 1460. The summed E-state index contributed by atoms with van der Waals surface area (Å²) in [7, 11) is 0. The summed E-state index contributed by atoms with van der Waals surface area (Å²) in [5.41, 5.74) is 0.163. The van der Waals surface area contributed by atoms with Crippen molar-refractivity contribution < 1.29 is 27.9 Å². The first-order chi connectivity index (χ1) is 17.5. The van der Waals surface area contributed by atoms with E-state index >= 15 is 0 Å². The molecular formula is C25H25F3N6O3. The molecule has 194 valence electrons. The number of carbonyl (C=O) groups is 2. The van der Waals surface area contributed by atoms with Crippen LogP contribution in [0.15, 0.2) is 49.3 Å². The number of nitrogens with one attached hydrogen (secondary N) is 1. The summed E-state index contributed by atoms with van der Waals surface area (Å²) < 4.78 is 43.4. The van der Waals surface area contributed by atoms with Crippen molar-refractivity contribution in [1.29, 1.82) is 0 Å². The van der Waals surface area contributed by atoms with E-state index in [1.54, 1.807) is 50.0 Å².